The summed E-state index contributed by atoms with van der Waals surface area (Å²) in [5, 5.41) is 1.78. The molecule has 0 unspecified atom stereocenters. The maximum Gasteiger partial charge on any atom is 0.417 e. The molecule has 0 radical (unpaired) electrons. The number of nitrogens with one attached hydrogen (secondary N) is 1. The van der Waals surface area contributed by atoms with Crippen LogP contribution in [-0.4, -0.2) is 36.9 Å². The molecule has 1 N–H and O–H groups in total. The predicted molar refractivity (Wildman–Crippen MR) is 94.6 cm³/mol. The van der Waals surface area contributed by atoms with Crippen LogP contribution in [-0.2, 0) is 15.8 Å². The van der Waals surface area contributed by atoms with Crippen LogP contribution in [0.15, 0.2) is 42.5 Å². The van der Waals surface area contributed by atoms with Crippen molar-refractivity contribution in [2.24, 2.45) is 0 Å². The summed E-state index contributed by atoms with van der Waals surface area (Å²) in [5.41, 5.74) is -1.19. The van der Waals surface area contributed by atoms with E-state index in [9.17, 15) is 27.2 Å². The maximum absolute atomic E-state index is 12.8. The molecular weight excluding hydrogens is 404 g/mol. The molecular formula is C18H15ClF4N2O3. The van der Waals surface area contributed by atoms with E-state index in [1.54, 1.807) is 0 Å². The first-order valence-corrected chi connectivity index (χ1v) is 8.23. The zero-order valence-electron chi connectivity index (χ0n) is 14.5. The number of carbonyl (C=O) groups is 2. The van der Waals surface area contributed by atoms with E-state index >= 15 is 0 Å². The van der Waals surface area contributed by atoms with Gasteiger partial charge in [-0.05, 0) is 42.5 Å². The molecule has 0 aliphatic heterocycles. The van der Waals surface area contributed by atoms with Crippen molar-refractivity contribution in [3.8, 4) is 5.75 Å². The number of halogens is 5. The molecule has 0 fully saturated rings. The van der Waals surface area contributed by atoms with Crippen LogP contribution in [0.1, 0.15) is 5.56 Å². The number of benzene rings is 2. The zero-order valence-corrected chi connectivity index (χ0v) is 15.3. The molecule has 0 aliphatic rings. The van der Waals surface area contributed by atoms with E-state index < -0.39 is 47.5 Å². The van der Waals surface area contributed by atoms with E-state index in [1.165, 1.54) is 25.2 Å². The van der Waals surface area contributed by atoms with Gasteiger partial charge < -0.3 is 15.0 Å². The van der Waals surface area contributed by atoms with E-state index in [2.05, 4.69) is 5.32 Å². The van der Waals surface area contributed by atoms with Crippen molar-refractivity contribution in [1.82, 2.24) is 4.90 Å². The van der Waals surface area contributed by atoms with Gasteiger partial charge in [-0.15, -0.1) is 0 Å². The van der Waals surface area contributed by atoms with E-state index in [1.807, 2.05) is 0 Å². The first-order chi connectivity index (χ1) is 13.1. The fraction of sp³-hybridized carbons (Fsp3) is 0.222. The second-order valence-corrected chi connectivity index (χ2v) is 6.14. The summed E-state index contributed by atoms with van der Waals surface area (Å²) in [6.07, 6.45) is -4.66. The van der Waals surface area contributed by atoms with Gasteiger partial charge >= 0.3 is 6.18 Å². The van der Waals surface area contributed by atoms with Crippen LogP contribution < -0.4 is 10.1 Å². The number of hydrogen-bond acceptors (Lipinski definition) is 3. The molecule has 2 aromatic carbocycles. The van der Waals surface area contributed by atoms with Crippen LogP contribution in [0.2, 0.25) is 5.02 Å². The highest BCUT2D eigenvalue weighted by molar-refractivity contribution is 6.31. The van der Waals surface area contributed by atoms with Crippen molar-refractivity contribution in [2.45, 2.75) is 6.18 Å². The minimum Gasteiger partial charge on any atom is -0.484 e. The fourth-order valence-corrected chi connectivity index (χ4v) is 2.34. The Balaban J connectivity index is 1.89. The lowest BCUT2D eigenvalue weighted by molar-refractivity contribution is -0.137. The lowest BCUT2D eigenvalue weighted by Crippen LogP contribution is -2.37. The van der Waals surface area contributed by atoms with E-state index in [0.29, 0.717) is 6.07 Å². The first kappa shape index (κ1) is 21.5. The highest BCUT2D eigenvalue weighted by atomic mass is 35.5. The Hall–Kier alpha value is -2.81. The van der Waals surface area contributed by atoms with Crippen molar-refractivity contribution in [1.29, 1.82) is 0 Å². The summed E-state index contributed by atoms with van der Waals surface area (Å²) in [4.78, 5) is 25.0. The average molecular weight is 419 g/mol. The third-order valence-corrected chi connectivity index (χ3v) is 3.87. The monoisotopic (exact) mass is 418 g/mol. The standard InChI is InChI=1S/C18H15ClF4N2O3/c1-25(17(27)10-28-13-5-2-11(20)3-6-13)9-16(26)24-12-4-7-15(19)14(8-12)18(21,22)23/h2-8H,9-10H2,1H3,(H,24,26). The maximum atomic E-state index is 12.8. The van der Waals surface area contributed by atoms with Crippen LogP contribution in [0.3, 0.4) is 0 Å². The Morgan fingerprint density at radius 3 is 2.39 bits per heavy atom. The van der Waals surface area contributed by atoms with Gasteiger partial charge in [-0.3, -0.25) is 9.59 Å². The largest absolute Gasteiger partial charge is 0.484 e. The minimum atomic E-state index is -4.66. The number of anilines is 1. The number of amides is 2. The molecule has 0 aliphatic carbocycles. The lowest BCUT2D eigenvalue weighted by atomic mass is 10.2. The second kappa shape index (κ2) is 8.92. The number of ether oxygens (including phenoxy) is 1. The SMILES string of the molecule is CN(CC(=O)Nc1ccc(Cl)c(C(F)(F)F)c1)C(=O)COc1ccc(F)cc1. The summed E-state index contributed by atoms with van der Waals surface area (Å²) in [7, 11) is 1.33. The quantitative estimate of drug-likeness (QED) is 0.722. The summed E-state index contributed by atoms with van der Waals surface area (Å²) >= 11 is 5.52. The van der Waals surface area contributed by atoms with E-state index in [4.69, 9.17) is 16.3 Å². The van der Waals surface area contributed by atoms with Gasteiger partial charge in [-0.2, -0.15) is 13.2 Å². The van der Waals surface area contributed by atoms with Gasteiger partial charge in [0.2, 0.25) is 5.91 Å². The van der Waals surface area contributed by atoms with Crippen LogP contribution >= 0.6 is 11.6 Å². The molecule has 10 heteroatoms. The Labute approximate surface area is 162 Å². The normalized spacial score (nSPS) is 11.1. The Bertz CT molecular complexity index is 857. The lowest BCUT2D eigenvalue weighted by Gasteiger charge is -2.17. The van der Waals surface area contributed by atoms with Crippen LogP contribution in [0.4, 0.5) is 23.2 Å². The number of alkyl halides is 3. The summed E-state index contributed by atoms with van der Waals surface area (Å²) in [6, 6.07) is 7.96. The minimum absolute atomic E-state index is 0.106. The molecule has 150 valence electrons. The molecule has 2 amide bonds. The van der Waals surface area contributed by atoms with Gasteiger partial charge in [0, 0.05) is 12.7 Å². The van der Waals surface area contributed by atoms with Gasteiger partial charge in [0.25, 0.3) is 5.91 Å². The number of rotatable bonds is 6. The molecule has 0 atom stereocenters. The molecule has 28 heavy (non-hydrogen) atoms. The Morgan fingerprint density at radius 2 is 1.79 bits per heavy atom. The van der Waals surface area contributed by atoms with Gasteiger partial charge in [-0.1, -0.05) is 11.6 Å². The molecule has 0 saturated carbocycles. The molecule has 0 aromatic heterocycles. The molecule has 0 bridgehead atoms. The molecule has 5 nitrogen and oxygen atoms in total. The number of likely N-dealkylation sites (N-methyl/N-ethyl adjacent to an activating group) is 1. The highest BCUT2D eigenvalue weighted by Crippen LogP contribution is 2.36. The first-order valence-electron chi connectivity index (χ1n) is 7.85. The van der Waals surface area contributed by atoms with Gasteiger partial charge in [0.05, 0.1) is 17.1 Å². The van der Waals surface area contributed by atoms with Gasteiger partial charge in [0.1, 0.15) is 11.6 Å². The highest BCUT2D eigenvalue weighted by Gasteiger charge is 2.33. The topological polar surface area (TPSA) is 58.6 Å². The number of carbonyl (C=O) groups excluding carboxylic acids is 2. The second-order valence-electron chi connectivity index (χ2n) is 5.73. The predicted octanol–water partition coefficient (Wildman–Crippen LogP) is 3.97. The van der Waals surface area contributed by atoms with Crippen molar-refractivity contribution in [3.05, 3.63) is 58.9 Å². The molecule has 2 aromatic rings. The van der Waals surface area contributed by atoms with Crippen LogP contribution in [0.25, 0.3) is 0 Å². The van der Waals surface area contributed by atoms with Gasteiger partial charge in [0.15, 0.2) is 6.61 Å². The third kappa shape index (κ3) is 6.12. The van der Waals surface area contributed by atoms with Crippen molar-refractivity contribution in [2.75, 3.05) is 25.5 Å². The average Bonchev–Trinajstić information content (AvgIpc) is 2.61. The zero-order chi connectivity index (χ0) is 20.9. The molecule has 0 spiro atoms. The van der Waals surface area contributed by atoms with Crippen LogP contribution in [0, 0.1) is 5.82 Å². The Morgan fingerprint density at radius 1 is 1.14 bits per heavy atom. The smallest absolute Gasteiger partial charge is 0.417 e. The summed E-state index contributed by atoms with van der Waals surface area (Å²) in [6.45, 7) is -0.801. The van der Waals surface area contributed by atoms with E-state index in [0.717, 1.165) is 23.1 Å². The Kier molecular flexibility index (Phi) is 6.85. The van der Waals surface area contributed by atoms with Crippen LogP contribution in [0.5, 0.6) is 5.75 Å². The molecule has 0 heterocycles. The van der Waals surface area contributed by atoms with Crippen molar-refractivity contribution < 1.29 is 31.9 Å². The van der Waals surface area contributed by atoms with Crippen molar-refractivity contribution in [3.63, 3.8) is 0 Å². The van der Waals surface area contributed by atoms with Gasteiger partial charge in [-0.25, -0.2) is 4.39 Å². The third-order valence-electron chi connectivity index (χ3n) is 3.54. The number of nitrogens with zero attached hydrogens (tertiary/aromatic N) is 1. The fourth-order valence-electron chi connectivity index (χ4n) is 2.11. The molecule has 2 rings (SSSR count). The molecule has 0 saturated heterocycles. The summed E-state index contributed by atoms with van der Waals surface area (Å²) in [5.74, 6) is -1.43. The van der Waals surface area contributed by atoms with E-state index in [-0.39, 0.29) is 11.4 Å². The summed E-state index contributed by atoms with van der Waals surface area (Å²) < 4.78 is 56.5. The number of hydrogen-bond donors (Lipinski definition) is 1. The van der Waals surface area contributed by atoms with Crippen molar-refractivity contribution >= 4 is 29.1 Å².